The molecule has 0 saturated heterocycles. The minimum absolute atomic E-state index is 0.0775. The van der Waals surface area contributed by atoms with Crippen LogP contribution in [0.15, 0.2) is 29.4 Å². The lowest BCUT2D eigenvalue weighted by Crippen LogP contribution is -2.55. The summed E-state index contributed by atoms with van der Waals surface area (Å²) in [6.45, 7) is 11.2. The van der Waals surface area contributed by atoms with Gasteiger partial charge < -0.3 is 25.8 Å². The number of carbonyl (C=O) groups excluding carboxylic acids is 2. The standard InChI is InChI=1S/C22H38N8O2/c1-4-30(5-2)16-15-24-12-8-11-23-14-10-20(31)29(3)18-17-26-22(28-21(18)32)27-19-9-6-7-13-25-19/h6-7,9,13,18,23-24H,4-5,8,10-12,14-17H2,1-3H3,(H2,25,26,27,28,32). The summed E-state index contributed by atoms with van der Waals surface area (Å²) in [5.41, 5.74) is 0. The van der Waals surface area contributed by atoms with Gasteiger partial charge in [0.15, 0.2) is 0 Å². The fraction of sp³-hybridized carbons (Fsp3) is 0.636. The minimum atomic E-state index is -0.605. The van der Waals surface area contributed by atoms with Gasteiger partial charge in [-0.25, -0.2) is 9.98 Å². The van der Waals surface area contributed by atoms with Gasteiger partial charge in [0.25, 0.3) is 5.91 Å². The number of hydrogen-bond donors (Lipinski definition) is 4. The molecular weight excluding hydrogens is 408 g/mol. The fourth-order valence-corrected chi connectivity index (χ4v) is 3.34. The topological polar surface area (TPSA) is 114 Å². The number of amides is 2. The van der Waals surface area contributed by atoms with E-state index in [9.17, 15) is 9.59 Å². The van der Waals surface area contributed by atoms with Crippen molar-refractivity contribution in [3.8, 4) is 0 Å². The third-order valence-corrected chi connectivity index (χ3v) is 5.46. The molecule has 4 N–H and O–H groups in total. The van der Waals surface area contributed by atoms with Crippen LogP contribution in [0.5, 0.6) is 0 Å². The lowest BCUT2D eigenvalue weighted by Gasteiger charge is -2.29. The van der Waals surface area contributed by atoms with Crippen LogP contribution in [-0.2, 0) is 9.59 Å². The first kappa shape index (κ1) is 25.7. The molecule has 0 radical (unpaired) electrons. The number of guanidine groups is 1. The lowest BCUT2D eigenvalue weighted by molar-refractivity contribution is -0.138. The second-order valence-corrected chi connectivity index (χ2v) is 7.67. The molecule has 10 heteroatoms. The van der Waals surface area contributed by atoms with E-state index in [0.29, 0.717) is 24.7 Å². The number of rotatable bonds is 14. The molecule has 0 saturated carbocycles. The number of aromatic nitrogens is 1. The molecule has 0 aliphatic carbocycles. The van der Waals surface area contributed by atoms with E-state index in [2.05, 4.69) is 50.0 Å². The smallest absolute Gasteiger partial charge is 0.251 e. The Morgan fingerprint density at radius 1 is 1.16 bits per heavy atom. The van der Waals surface area contributed by atoms with Gasteiger partial charge in [-0.05, 0) is 44.7 Å². The quantitative estimate of drug-likeness (QED) is 0.300. The molecular formula is C22H38N8O2. The average molecular weight is 447 g/mol. The van der Waals surface area contributed by atoms with E-state index < -0.39 is 6.04 Å². The van der Waals surface area contributed by atoms with Crippen LogP contribution in [-0.4, -0.2) is 98.0 Å². The summed E-state index contributed by atoms with van der Waals surface area (Å²) in [6.07, 6.45) is 3.01. The zero-order valence-corrected chi connectivity index (χ0v) is 19.6. The van der Waals surface area contributed by atoms with E-state index >= 15 is 0 Å². The number of nitrogens with one attached hydrogen (secondary N) is 4. The van der Waals surface area contributed by atoms with Gasteiger partial charge in [0.2, 0.25) is 11.9 Å². The molecule has 10 nitrogen and oxygen atoms in total. The average Bonchev–Trinajstić information content (AvgIpc) is 2.80. The van der Waals surface area contributed by atoms with Crippen molar-refractivity contribution in [3.63, 3.8) is 0 Å². The van der Waals surface area contributed by atoms with Crippen molar-refractivity contribution in [1.82, 2.24) is 30.7 Å². The molecule has 2 heterocycles. The summed E-state index contributed by atoms with van der Waals surface area (Å²) in [4.78, 5) is 37.3. The first-order valence-corrected chi connectivity index (χ1v) is 11.5. The Kier molecular flexibility index (Phi) is 11.6. The number of likely N-dealkylation sites (N-methyl/N-ethyl adjacent to an activating group) is 2. The highest BCUT2D eigenvalue weighted by Crippen LogP contribution is 2.07. The molecule has 1 aliphatic rings. The monoisotopic (exact) mass is 446 g/mol. The van der Waals surface area contributed by atoms with E-state index in [1.807, 2.05) is 12.1 Å². The molecule has 0 fully saturated rings. The van der Waals surface area contributed by atoms with E-state index in [-0.39, 0.29) is 18.4 Å². The predicted octanol–water partition coefficient (Wildman–Crippen LogP) is 0.108. The van der Waals surface area contributed by atoms with Crippen LogP contribution >= 0.6 is 0 Å². The van der Waals surface area contributed by atoms with E-state index in [0.717, 1.165) is 45.7 Å². The van der Waals surface area contributed by atoms with E-state index in [1.165, 1.54) is 4.90 Å². The molecule has 0 bridgehead atoms. The Morgan fingerprint density at radius 2 is 1.91 bits per heavy atom. The summed E-state index contributed by atoms with van der Waals surface area (Å²) in [5, 5.41) is 12.4. The van der Waals surface area contributed by atoms with Gasteiger partial charge in [0.05, 0.1) is 6.54 Å². The minimum Gasteiger partial charge on any atom is -0.332 e. The number of pyridine rings is 1. The van der Waals surface area contributed by atoms with Gasteiger partial charge in [-0.2, -0.15) is 0 Å². The second-order valence-electron chi connectivity index (χ2n) is 7.67. The van der Waals surface area contributed by atoms with Crippen molar-refractivity contribution in [3.05, 3.63) is 24.4 Å². The van der Waals surface area contributed by atoms with E-state index in [4.69, 9.17) is 0 Å². The SMILES string of the molecule is CCN(CC)CCNCCCNCCC(=O)N(C)C1CN=C(Nc2ccccn2)NC1=O. The molecule has 0 aromatic carbocycles. The van der Waals surface area contributed by atoms with Crippen molar-refractivity contribution < 1.29 is 9.59 Å². The second kappa shape index (κ2) is 14.5. The molecule has 1 unspecified atom stereocenters. The van der Waals surface area contributed by atoms with Crippen molar-refractivity contribution in [1.29, 1.82) is 0 Å². The Balaban J connectivity index is 1.59. The Morgan fingerprint density at radius 3 is 2.56 bits per heavy atom. The van der Waals surface area contributed by atoms with E-state index in [1.54, 1.807) is 19.3 Å². The van der Waals surface area contributed by atoms with Crippen LogP contribution in [0.4, 0.5) is 5.82 Å². The maximum absolute atomic E-state index is 12.5. The predicted molar refractivity (Wildman–Crippen MR) is 128 cm³/mol. The van der Waals surface area contributed by atoms with Crippen molar-refractivity contribution in [2.75, 3.05) is 64.7 Å². The normalized spacial score (nSPS) is 15.9. The Bertz CT molecular complexity index is 724. The molecule has 1 aliphatic heterocycles. The molecule has 1 aromatic heterocycles. The van der Waals surface area contributed by atoms with Gasteiger partial charge in [-0.15, -0.1) is 0 Å². The summed E-state index contributed by atoms with van der Waals surface area (Å²) < 4.78 is 0. The van der Waals surface area contributed by atoms with Gasteiger partial charge in [0.1, 0.15) is 11.9 Å². The number of anilines is 1. The first-order chi connectivity index (χ1) is 15.5. The molecule has 178 valence electrons. The van der Waals surface area contributed by atoms with Crippen molar-refractivity contribution in [2.24, 2.45) is 4.99 Å². The molecule has 32 heavy (non-hydrogen) atoms. The number of hydrogen-bond acceptors (Lipinski definition) is 8. The zero-order valence-electron chi connectivity index (χ0n) is 19.6. The Hall–Kier alpha value is -2.56. The van der Waals surface area contributed by atoms with Crippen LogP contribution in [0.1, 0.15) is 26.7 Å². The number of aliphatic imine (C=N–C) groups is 1. The molecule has 1 atom stereocenters. The third kappa shape index (κ3) is 8.89. The van der Waals surface area contributed by atoms with Crippen LogP contribution in [0, 0.1) is 0 Å². The first-order valence-electron chi connectivity index (χ1n) is 11.5. The number of nitrogens with zero attached hydrogens (tertiary/aromatic N) is 4. The summed E-state index contributed by atoms with van der Waals surface area (Å²) >= 11 is 0. The highest BCUT2D eigenvalue weighted by Gasteiger charge is 2.30. The zero-order chi connectivity index (χ0) is 23.2. The maximum atomic E-state index is 12.5. The van der Waals surface area contributed by atoms with Gasteiger partial charge >= 0.3 is 0 Å². The van der Waals surface area contributed by atoms with Gasteiger partial charge in [0, 0.05) is 39.3 Å². The summed E-state index contributed by atoms with van der Waals surface area (Å²) in [6, 6.07) is 4.83. The fourth-order valence-electron chi connectivity index (χ4n) is 3.34. The largest absolute Gasteiger partial charge is 0.332 e. The Labute approximate surface area is 191 Å². The molecule has 2 rings (SSSR count). The van der Waals surface area contributed by atoms with Crippen LogP contribution in [0.25, 0.3) is 0 Å². The summed E-state index contributed by atoms with van der Waals surface area (Å²) in [7, 11) is 1.65. The van der Waals surface area contributed by atoms with Crippen molar-refractivity contribution >= 4 is 23.6 Å². The lowest BCUT2D eigenvalue weighted by atomic mass is 10.2. The highest BCUT2D eigenvalue weighted by molar-refractivity contribution is 6.07. The van der Waals surface area contributed by atoms with Crippen LogP contribution < -0.4 is 21.3 Å². The number of carbonyl (C=O) groups is 2. The third-order valence-electron chi connectivity index (χ3n) is 5.46. The van der Waals surface area contributed by atoms with Crippen molar-refractivity contribution in [2.45, 2.75) is 32.7 Å². The van der Waals surface area contributed by atoms with Crippen LogP contribution in [0.3, 0.4) is 0 Å². The molecule has 1 aromatic rings. The van der Waals surface area contributed by atoms with Gasteiger partial charge in [-0.3, -0.25) is 14.9 Å². The maximum Gasteiger partial charge on any atom is 0.251 e. The van der Waals surface area contributed by atoms with Gasteiger partial charge in [-0.1, -0.05) is 19.9 Å². The van der Waals surface area contributed by atoms with Crippen LogP contribution in [0.2, 0.25) is 0 Å². The molecule has 2 amide bonds. The molecule has 0 spiro atoms. The summed E-state index contributed by atoms with van der Waals surface area (Å²) in [5.74, 6) is 0.613. The highest BCUT2D eigenvalue weighted by atomic mass is 16.2.